The van der Waals surface area contributed by atoms with E-state index < -0.39 is 40.5 Å². The zero-order chi connectivity index (χ0) is 51.1. The predicted octanol–water partition coefficient (Wildman–Crippen LogP) is 19.0. The fraction of sp³-hybridized carbons (Fsp3) is 0.600. The molecule has 0 heterocycles. The first-order valence-corrected chi connectivity index (χ1v) is 26.5. The summed E-state index contributed by atoms with van der Waals surface area (Å²) in [7, 11) is 0. The van der Waals surface area contributed by atoms with Gasteiger partial charge in [-0.3, -0.25) is 0 Å². The summed E-state index contributed by atoms with van der Waals surface area (Å²) >= 11 is -5.53. The van der Waals surface area contributed by atoms with E-state index in [1.165, 1.54) is 0 Å². The van der Waals surface area contributed by atoms with Crippen LogP contribution in [0, 0.1) is 23.7 Å². The molecule has 0 bridgehead atoms. The van der Waals surface area contributed by atoms with E-state index in [-0.39, 0.29) is 23.7 Å². The van der Waals surface area contributed by atoms with E-state index in [0.29, 0.717) is 77.0 Å². The third kappa shape index (κ3) is 22.9. The van der Waals surface area contributed by atoms with Crippen molar-refractivity contribution in [1.29, 1.82) is 0 Å². The Balaban J connectivity index is 9.86. The molecular weight excluding hydrogens is 833 g/mol. The van der Waals surface area contributed by atoms with Gasteiger partial charge in [0.15, 0.2) is 0 Å². The number of allylic oxidation sites excluding steroid dienone is 8. The standard InChI is InChI=1S/4C15H25O.Ti/c4*1-11(2)8-14(9-12(3)4)15(7,16)10-13(5)6;/h4*14H,1,3,5,8-10H2,2,4,6-7H3;/q4*-1;+4. The van der Waals surface area contributed by atoms with Crippen LogP contribution in [0.25, 0.3) is 0 Å². The number of hydrogen-bond acceptors (Lipinski definition) is 4. The van der Waals surface area contributed by atoms with E-state index >= 15 is 0 Å². The second kappa shape index (κ2) is 26.8. The Bertz CT molecular complexity index is 1480. The van der Waals surface area contributed by atoms with Crippen molar-refractivity contribution < 1.29 is 31.4 Å². The minimum atomic E-state index is -5.53. The Labute approximate surface area is 408 Å². The van der Waals surface area contributed by atoms with Gasteiger partial charge < -0.3 is 0 Å². The quantitative estimate of drug-likeness (QED) is 0.0463. The van der Waals surface area contributed by atoms with Gasteiger partial charge in [-0.2, -0.15) is 0 Å². The van der Waals surface area contributed by atoms with E-state index in [1.54, 1.807) is 0 Å². The Morgan fingerprint density at radius 2 is 0.400 bits per heavy atom. The molecule has 65 heavy (non-hydrogen) atoms. The fourth-order valence-corrected chi connectivity index (χ4v) is 15.5. The summed E-state index contributed by atoms with van der Waals surface area (Å²) in [6.45, 7) is 87.3. The van der Waals surface area contributed by atoms with Crippen LogP contribution in [0.4, 0.5) is 0 Å². The van der Waals surface area contributed by atoms with Crippen LogP contribution in [0.2, 0.25) is 0 Å². The molecule has 0 N–H and O–H groups in total. The van der Waals surface area contributed by atoms with E-state index in [1.807, 2.05) is 0 Å². The first-order valence-electron chi connectivity index (χ1n) is 24.0. The molecule has 0 spiro atoms. The molecule has 4 unspecified atom stereocenters. The van der Waals surface area contributed by atoms with Crippen molar-refractivity contribution in [2.24, 2.45) is 23.7 Å². The average molecular weight is 933 g/mol. The molecule has 0 saturated heterocycles. The van der Waals surface area contributed by atoms with Crippen LogP contribution in [-0.4, -0.2) is 22.4 Å². The number of hydrogen-bond donors (Lipinski definition) is 0. The van der Waals surface area contributed by atoms with E-state index in [4.69, 9.17) is 13.3 Å². The Morgan fingerprint density at radius 1 is 0.277 bits per heavy atom. The second-order valence-electron chi connectivity index (χ2n) is 22.8. The van der Waals surface area contributed by atoms with Gasteiger partial charge in [-0.15, -0.1) is 0 Å². The van der Waals surface area contributed by atoms with Gasteiger partial charge in [0.25, 0.3) is 0 Å². The molecule has 0 radical (unpaired) electrons. The predicted molar refractivity (Wildman–Crippen MR) is 285 cm³/mol. The van der Waals surface area contributed by atoms with Gasteiger partial charge in [0.05, 0.1) is 0 Å². The topological polar surface area (TPSA) is 36.9 Å². The second-order valence-corrected chi connectivity index (χ2v) is 25.6. The van der Waals surface area contributed by atoms with Crippen LogP contribution >= 0.6 is 0 Å². The molecule has 0 aliphatic rings. The molecule has 4 nitrogen and oxygen atoms in total. The Kier molecular flexibility index (Phi) is 25.8. The van der Waals surface area contributed by atoms with Gasteiger partial charge in [-0.1, -0.05) is 0 Å². The molecule has 0 saturated carbocycles. The molecule has 0 fully saturated rings. The molecular formula is C60H100O4Ti. The zero-order valence-corrected chi connectivity index (χ0v) is 47.0. The summed E-state index contributed by atoms with van der Waals surface area (Å²) in [5.74, 6) is -0.307. The van der Waals surface area contributed by atoms with Crippen molar-refractivity contribution >= 4 is 0 Å². The molecule has 0 amide bonds. The van der Waals surface area contributed by atoms with Crippen molar-refractivity contribution in [3.8, 4) is 0 Å². The van der Waals surface area contributed by atoms with Crippen LogP contribution in [0.1, 0.15) is 188 Å². The molecule has 0 aliphatic carbocycles. The molecule has 0 aromatic carbocycles. The van der Waals surface area contributed by atoms with Crippen LogP contribution in [0.15, 0.2) is 146 Å². The molecule has 0 rings (SSSR count). The van der Waals surface area contributed by atoms with Crippen molar-refractivity contribution in [2.45, 2.75) is 210 Å². The van der Waals surface area contributed by atoms with Gasteiger partial charge in [-0.25, -0.2) is 0 Å². The summed E-state index contributed by atoms with van der Waals surface area (Å²) in [5, 5.41) is 0. The molecule has 0 aromatic rings. The summed E-state index contributed by atoms with van der Waals surface area (Å²) in [5.41, 5.74) is 8.62. The van der Waals surface area contributed by atoms with Crippen LogP contribution in [0.3, 0.4) is 0 Å². The first kappa shape index (κ1) is 62.4. The average Bonchev–Trinajstić information content (AvgIpc) is 3.03. The molecule has 5 heteroatoms. The summed E-state index contributed by atoms with van der Waals surface area (Å²) in [6.07, 6.45) is 7.65. The van der Waals surface area contributed by atoms with Gasteiger partial charge in [0, 0.05) is 0 Å². The van der Waals surface area contributed by atoms with E-state index in [2.05, 4.69) is 190 Å². The maximum atomic E-state index is 8.27. The van der Waals surface area contributed by atoms with Crippen molar-refractivity contribution in [3.05, 3.63) is 146 Å². The van der Waals surface area contributed by atoms with Gasteiger partial charge >= 0.3 is 411 Å². The molecule has 4 atom stereocenters. The molecule has 0 aliphatic heterocycles. The minimum absolute atomic E-state index is 0.0768. The molecule has 368 valence electrons. The van der Waals surface area contributed by atoms with Gasteiger partial charge in [0.1, 0.15) is 0 Å². The first-order chi connectivity index (χ1) is 29.4. The monoisotopic (exact) mass is 933 g/mol. The van der Waals surface area contributed by atoms with Gasteiger partial charge in [-0.05, 0) is 0 Å². The third-order valence-corrected chi connectivity index (χ3v) is 16.7. The summed E-state index contributed by atoms with van der Waals surface area (Å²) in [4.78, 5) is 0. The summed E-state index contributed by atoms with van der Waals surface area (Å²) < 4.78 is 33.1. The molecule has 0 aromatic heterocycles. The maximum absolute atomic E-state index is 8.27. The Morgan fingerprint density at radius 3 is 0.492 bits per heavy atom. The van der Waals surface area contributed by atoms with Crippen molar-refractivity contribution in [2.75, 3.05) is 0 Å². The normalized spacial score (nSPS) is 16.4. The van der Waals surface area contributed by atoms with E-state index in [9.17, 15) is 0 Å². The zero-order valence-electron chi connectivity index (χ0n) is 45.4. The van der Waals surface area contributed by atoms with Gasteiger partial charge in [0.2, 0.25) is 0 Å². The van der Waals surface area contributed by atoms with Crippen molar-refractivity contribution in [1.82, 2.24) is 0 Å². The third-order valence-electron chi connectivity index (χ3n) is 12.3. The number of rotatable bonds is 36. The van der Waals surface area contributed by atoms with Crippen LogP contribution < -0.4 is 0 Å². The summed E-state index contributed by atoms with van der Waals surface area (Å²) in [6, 6.07) is 0. The SMILES string of the molecule is C=C(C)CC(CC(=C)C)C(C)(CC(=C)C)[O][Ti]([O]C(C)(CC(=C)C)C(CC(=C)C)CC(=C)C)([O]C(C)(CC(=C)C)C(CC(=C)C)CC(=C)C)[O]C(C)(CC(=C)C)C(CC(=C)C)CC(=C)C. The Hall–Kier alpha value is -2.57. The van der Waals surface area contributed by atoms with Crippen LogP contribution in [0.5, 0.6) is 0 Å². The van der Waals surface area contributed by atoms with E-state index in [0.717, 1.165) is 66.9 Å². The van der Waals surface area contributed by atoms with Crippen molar-refractivity contribution in [3.63, 3.8) is 0 Å². The van der Waals surface area contributed by atoms with Crippen LogP contribution in [-0.2, 0) is 31.4 Å². The fourth-order valence-electron chi connectivity index (χ4n) is 10.1.